The Morgan fingerprint density at radius 2 is 2.05 bits per heavy atom. The van der Waals surface area contributed by atoms with Crippen molar-refractivity contribution >= 4 is 11.9 Å². The van der Waals surface area contributed by atoms with Crippen LogP contribution in [0.15, 0.2) is 24.3 Å². The molecule has 0 spiro atoms. The second-order valence-electron chi connectivity index (χ2n) is 4.49. The highest BCUT2D eigenvalue weighted by Gasteiger charge is 2.19. The van der Waals surface area contributed by atoms with Gasteiger partial charge in [0.25, 0.3) is 0 Å². The smallest absolute Gasteiger partial charge is 0.326 e. The number of carbonyl (C=O) groups is 2. The van der Waals surface area contributed by atoms with Gasteiger partial charge in [0, 0.05) is 0 Å². The molecule has 5 nitrogen and oxygen atoms in total. The molecule has 0 aliphatic heterocycles. The monoisotopic (exact) mass is 264 g/mol. The van der Waals surface area contributed by atoms with Crippen LogP contribution in [0.25, 0.3) is 0 Å². The van der Waals surface area contributed by atoms with Crippen LogP contribution in [-0.4, -0.2) is 29.6 Å². The first-order valence-corrected chi connectivity index (χ1v) is 6.31. The van der Waals surface area contributed by atoms with Crippen LogP contribution in [0.1, 0.15) is 24.0 Å². The van der Waals surface area contributed by atoms with Gasteiger partial charge >= 0.3 is 5.97 Å². The van der Waals surface area contributed by atoms with E-state index < -0.39 is 12.0 Å². The molecule has 0 bridgehead atoms. The third-order valence-electron chi connectivity index (χ3n) is 2.94. The zero-order valence-corrected chi connectivity index (χ0v) is 11.1. The van der Waals surface area contributed by atoms with E-state index in [4.69, 9.17) is 10.8 Å². The number of benzene rings is 1. The van der Waals surface area contributed by atoms with Gasteiger partial charge in [0.05, 0.1) is 6.42 Å². The van der Waals surface area contributed by atoms with E-state index in [-0.39, 0.29) is 12.3 Å². The highest BCUT2D eigenvalue weighted by Crippen LogP contribution is 2.08. The number of nitrogens with one attached hydrogen (secondary N) is 1. The highest BCUT2D eigenvalue weighted by atomic mass is 16.4. The van der Waals surface area contributed by atoms with E-state index in [9.17, 15) is 9.59 Å². The first kappa shape index (κ1) is 15.2. The van der Waals surface area contributed by atoms with Gasteiger partial charge in [-0.2, -0.15) is 0 Å². The predicted octanol–water partition coefficient (Wildman–Crippen LogP) is 0.846. The molecule has 0 aliphatic carbocycles. The number of rotatable bonds is 7. The maximum absolute atomic E-state index is 11.8. The van der Waals surface area contributed by atoms with Crippen molar-refractivity contribution in [2.75, 3.05) is 6.54 Å². The van der Waals surface area contributed by atoms with Crippen LogP contribution >= 0.6 is 0 Å². The molecule has 1 amide bonds. The first-order chi connectivity index (χ1) is 9.04. The number of aliphatic carboxylic acids is 1. The molecule has 0 aliphatic rings. The van der Waals surface area contributed by atoms with Gasteiger partial charge in [-0.1, -0.05) is 24.3 Å². The molecule has 1 unspecified atom stereocenters. The van der Waals surface area contributed by atoms with Crippen molar-refractivity contribution in [1.29, 1.82) is 0 Å². The van der Waals surface area contributed by atoms with Crippen LogP contribution in [0.3, 0.4) is 0 Å². The molecule has 0 saturated heterocycles. The molecule has 1 aromatic carbocycles. The normalized spacial score (nSPS) is 11.9. The summed E-state index contributed by atoms with van der Waals surface area (Å²) in [5.41, 5.74) is 7.27. The average Bonchev–Trinajstić information content (AvgIpc) is 2.37. The van der Waals surface area contributed by atoms with E-state index in [1.807, 2.05) is 31.2 Å². The Morgan fingerprint density at radius 1 is 1.37 bits per heavy atom. The topological polar surface area (TPSA) is 92.4 Å². The lowest BCUT2D eigenvalue weighted by molar-refractivity contribution is -0.141. The Bertz CT molecular complexity index is 446. The van der Waals surface area contributed by atoms with Crippen molar-refractivity contribution in [3.63, 3.8) is 0 Å². The van der Waals surface area contributed by atoms with Crippen molar-refractivity contribution < 1.29 is 14.7 Å². The molecule has 5 heteroatoms. The van der Waals surface area contributed by atoms with E-state index in [0.29, 0.717) is 19.4 Å². The largest absolute Gasteiger partial charge is 0.480 e. The molecule has 19 heavy (non-hydrogen) atoms. The number of hydrogen-bond donors (Lipinski definition) is 3. The lowest BCUT2D eigenvalue weighted by Crippen LogP contribution is -2.41. The Balaban J connectivity index is 2.58. The molecule has 1 rings (SSSR count). The predicted molar refractivity (Wildman–Crippen MR) is 72.7 cm³/mol. The highest BCUT2D eigenvalue weighted by molar-refractivity contribution is 5.85. The molecule has 4 N–H and O–H groups in total. The van der Waals surface area contributed by atoms with E-state index in [1.54, 1.807) is 0 Å². The number of carboxylic acid groups (broad SMARTS) is 1. The summed E-state index contributed by atoms with van der Waals surface area (Å²) in [6.45, 7) is 2.34. The van der Waals surface area contributed by atoms with E-state index in [0.717, 1.165) is 11.1 Å². The van der Waals surface area contributed by atoms with Crippen molar-refractivity contribution in [3.05, 3.63) is 35.4 Å². The summed E-state index contributed by atoms with van der Waals surface area (Å²) in [7, 11) is 0. The quantitative estimate of drug-likeness (QED) is 0.680. The average molecular weight is 264 g/mol. The lowest BCUT2D eigenvalue weighted by atomic mass is 10.0. The van der Waals surface area contributed by atoms with Crippen LogP contribution in [0.4, 0.5) is 0 Å². The van der Waals surface area contributed by atoms with Gasteiger partial charge < -0.3 is 16.2 Å². The van der Waals surface area contributed by atoms with Gasteiger partial charge in [-0.25, -0.2) is 4.79 Å². The SMILES string of the molecule is Cc1ccccc1CC(=O)NC(CCCN)C(=O)O. The van der Waals surface area contributed by atoms with Gasteiger partial charge in [0.2, 0.25) is 5.91 Å². The number of carbonyl (C=O) groups excluding carboxylic acids is 1. The van der Waals surface area contributed by atoms with Crippen LogP contribution in [-0.2, 0) is 16.0 Å². The third kappa shape index (κ3) is 5.09. The summed E-state index contributed by atoms with van der Waals surface area (Å²) in [6, 6.07) is 6.69. The van der Waals surface area contributed by atoms with Crippen molar-refractivity contribution in [3.8, 4) is 0 Å². The summed E-state index contributed by atoms with van der Waals surface area (Å²) in [5.74, 6) is -1.30. The fourth-order valence-electron chi connectivity index (χ4n) is 1.81. The fourth-order valence-corrected chi connectivity index (χ4v) is 1.81. The number of amides is 1. The fraction of sp³-hybridized carbons (Fsp3) is 0.429. The number of hydrogen-bond acceptors (Lipinski definition) is 3. The Morgan fingerprint density at radius 3 is 2.63 bits per heavy atom. The molecule has 0 saturated carbocycles. The minimum atomic E-state index is -1.02. The van der Waals surface area contributed by atoms with E-state index in [2.05, 4.69) is 5.32 Å². The maximum atomic E-state index is 11.8. The second-order valence-corrected chi connectivity index (χ2v) is 4.49. The van der Waals surface area contributed by atoms with E-state index in [1.165, 1.54) is 0 Å². The van der Waals surface area contributed by atoms with Gasteiger partial charge in [0.1, 0.15) is 6.04 Å². The Hall–Kier alpha value is -1.88. The van der Waals surface area contributed by atoms with Crippen molar-refractivity contribution in [2.45, 2.75) is 32.2 Å². The molecular weight excluding hydrogens is 244 g/mol. The molecule has 0 fully saturated rings. The lowest BCUT2D eigenvalue weighted by Gasteiger charge is -2.14. The first-order valence-electron chi connectivity index (χ1n) is 6.31. The molecule has 1 atom stereocenters. The standard InChI is InChI=1S/C14H20N2O3/c1-10-5-2-3-6-11(10)9-13(17)16-12(14(18)19)7-4-8-15/h2-3,5-6,12H,4,7-9,15H2,1H3,(H,16,17)(H,18,19). The molecule has 0 heterocycles. The van der Waals surface area contributed by atoms with Crippen LogP contribution < -0.4 is 11.1 Å². The number of aryl methyl sites for hydroxylation is 1. The van der Waals surface area contributed by atoms with Crippen LogP contribution in [0, 0.1) is 6.92 Å². The molecule has 0 radical (unpaired) electrons. The summed E-state index contributed by atoms with van der Waals surface area (Å²) in [6.07, 6.45) is 1.12. The summed E-state index contributed by atoms with van der Waals surface area (Å²) in [4.78, 5) is 22.8. The molecule has 0 aromatic heterocycles. The van der Waals surface area contributed by atoms with Gasteiger partial charge in [-0.3, -0.25) is 4.79 Å². The van der Waals surface area contributed by atoms with Gasteiger partial charge in [0.15, 0.2) is 0 Å². The van der Waals surface area contributed by atoms with Crippen LogP contribution in [0.2, 0.25) is 0 Å². The third-order valence-corrected chi connectivity index (χ3v) is 2.94. The van der Waals surface area contributed by atoms with Gasteiger partial charge in [-0.15, -0.1) is 0 Å². The summed E-state index contributed by atoms with van der Waals surface area (Å²) >= 11 is 0. The maximum Gasteiger partial charge on any atom is 0.326 e. The Kier molecular flexibility index (Phi) is 6.02. The van der Waals surface area contributed by atoms with E-state index >= 15 is 0 Å². The zero-order valence-electron chi connectivity index (χ0n) is 11.1. The number of carboxylic acids is 1. The Labute approximate surface area is 112 Å². The zero-order chi connectivity index (χ0) is 14.3. The number of nitrogens with two attached hydrogens (primary N) is 1. The van der Waals surface area contributed by atoms with Crippen molar-refractivity contribution in [1.82, 2.24) is 5.32 Å². The minimum Gasteiger partial charge on any atom is -0.480 e. The molecule has 1 aromatic rings. The molecular formula is C14H20N2O3. The second kappa shape index (κ2) is 7.53. The van der Waals surface area contributed by atoms with Gasteiger partial charge in [-0.05, 0) is 37.4 Å². The minimum absolute atomic E-state index is 0.194. The molecule has 104 valence electrons. The summed E-state index contributed by atoms with van der Waals surface area (Å²) < 4.78 is 0. The van der Waals surface area contributed by atoms with Crippen LogP contribution in [0.5, 0.6) is 0 Å². The van der Waals surface area contributed by atoms with Crippen molar-refractivity contribution in [2.24, 2.45) is 5.73 Å². The summed E-state index contributed by atoms with van der Waals surface area (Å²) in [5, 5.41) is 11.5.